The molecule has 0 radical (unpaired) electrons. The highest BCUT2D eigenvalue weighted by molar-refractivity contribution is 7.68. The number of rotatable bonds is 3. The van der Waals surface area contributed by atoms with Gasteiger partial charge in [0.05, 0.1) is 11.4 Å². The molecule has 0 saturated carbocycles. The Morgan fingerprint density at radius 1 is 0.474 bits per heavy atom. The van der Waals surface area contributed by atoms with E-state index in [1.165, 1.54) is 26.3 Å². The molecule has 5 aromatic carbocycles. The lowest BCUT2D eigenvalue weighted by atomic mass is 10.1. The van der Waals surface area contributed by atoms with Crippen molar-refractivity contribution in [3.05, 3.63) is 127 Å². The zero-order valence-corrected chi connectivity index (χ0v) is 21.3. The van der Waals surface area contributed by atoms with Crippen LogP contribution in [0.5, 0.6) is 0 Å². The van der Waals surface area contributed by atoms with Crippen LogP contribution in [0.4, 0.5) is 17.3 Å². The molecular formula is C33H21N4P. The number of benzene rings is 5. The minimum absolute atomic E-state index is 0.629. The molecule has 0 amide bonds. The maximum Gasteiger partial charge on any atom is 0.238 e. The van der Waals surface area contributed by atoms with E-state index in [0.29, 0.717) is 17.6 Å². The third kappa shape index (κ3) is 3.14. The van der Waals surface area contributed by atoms with Gasteiger partial charge >= 0.3 is 0 Å². The largest absolute Gasteiger partial charge is 0.277 e. The van der Waals surface area contributed by atoms with Gasteiger partial charge < -0.3 is 0 Å². The molecule has 1 aliphatic rings. The summed E-state index contributed by atoms with van der Waals surface area (Å²) in [4.78, 5) is 17.3. The fourth-order valence-corrected chi connectivity index (χ4v) is 8.41. The predicted molar refractivity (Wildman–Crippen MR) is 158 cm³/mol. The molecule has 2 aromatic heterocycles. The number of hydrogen-bond donors (Lipinski definition) is 0. The number of aromatic nitrogens is 3. The van der Waals surface area contributed by atoms with E-state index in [4.69, 9.17) is 15.0 Å². The first-order chi connectivity index (χ1) is 18.9. The Morgan fingerprint density at radius 2 is 1.05 bits per heavy atom. The summed E-state index contributed by atoms with van der Waals surface area (Å²) in [5.74, 6) is 1.95. The normalized spacial score (nSPS) is 12.6. The zero-order chi connectivity index (χ0) is 25.1. The summed E-state index contributed by atoms with van der Waals surface area (Å²) in [6.07, 6.45) is 0. The van der Waals surface area contributed by atoms with Crippen LogP contribution in [0.15, 0.2) is 127 Å². The molecule has 4 nitrogen and oxygen atoms in total. The molecule has 0 spiro atoms. The molecule has 0 aliphatic carbocycles. The number of para-hydroxylation sites is 1. The maximum absolute atomic E-state index is 5.09. The minimum atomic E-state index is -0.657. The van der Waals surface area contributed by atoms with Crippen LogP contribution in [0.1, 0.15) is 0 Å². The fraction of sp³-hybridized carbons (Fsp3) is 0. The molecule has 1 atom stereocenters. The van der Waals surface area contributed by atoms with Gasteiger partial charge in [-0.2, -0.15) is 9.97 Å². The van der Waals surface area contributed by atoms with E-state index in [1.54, 1.807) is 0 Å². The summed E-state index contributed by atoms with van der Waals surface area (Å²) < 4.78 is 0. The number of anilines is 3. The van der Waals surface area contributed by atoms with Crippen molar-refractivity contribution < 1.29 is 0 Å². The fourth-order valence-electron chi connectivity index (χ4n) is 5.52. The third-order valence-electron chi connectivity index (χ3n) is 7.17. The molecular weight excluding hydrogens is 483 g/mol. The topological polar surface area (TPSA) is 41.9 Å². The van der Waals surface area contributed by atoms with Crippen molar-refractivity contribution in [3.63, 3.8) is 0 Å². The average Bonchev–Trinajstić information content (AvgIpc) is 3.34. The smallest absolute Gasteiger partial charge is 0.238 e. The predicted octanol–water partition coefficient (Wildman–Crippen LogP) is 9.27. The van der Waals surface area contributed by atoms with Gasteiger partial charge in [-0.15, -0.1) is 0 Å². The van der Waals surface area contributed by atoms with Crippen LogP contribution >= 0.6 is 7.53 Å². The molecule has 178 valence electrons. The maximum atomic E-state index is 5.09. The van der Waals surface area contributed by atoms with Crippen molar-refractivity contribution >= 4 is 45.9 Å². The molecule has 0 saturated heterocycles. The van der Waals surface area contributed by atoms with Crippen LogP contribution in [0.25, 0.3) is 49.1 Å². The summed E-state index contributed by atoms with van der Waals surface area (Å²) in [6.45, 7) is 0. The van der Waals surface area contributed by atoms with Gasteiger partial charge in [-0.05, 0) is 29.0 Å². The molecule has 0 N–H and O–H groups in total. The molecule has 0 fully saturated rings. The van der Waals surface area contributed by atoms with Gasteiger partial charge in [0.2, 0.25) is 5.95 Å². The Balaban J connectivity index is 1.46. The van der Waals surface area contributed by atoms with Gasteiger partial charge in [-0.3, -0.25) is 4.90 Å². The molecule has 5 heteroatoms. The monoisotopic (exact) mass is 504 g/mol. The molecule has 3 heterocycles. The molecule has 1 unspecified atom stereocenters. The zero-order valence-electron chi connectivity index (χ0n) is 20.4. The van der Waals surface area contributed by atoms with E-state index >= 15 is 0 Å². The highest BCUT2D eigenvalue weighted by Gasteiger charge is 2.30. The Labute approximate surface area is 221 Å². The molecule has 0 bridgehead atoms. The van der Waals surface area contributed by atoms with E-state index in [0.717, 1.165) is 22.5 Å². The lowest BCUT2D eigenvalue weighted by molar-refractivity contribution is 1.03. The van der Waals surface area contributed by atoms with E-state index < -0.39 is 7.53 Å². The highest BCUT2D eigenvalue weighted by Crippen LogP contribution is 2.64. The summed E-state index contributed by atoms with van der Waals surface area (Å²) in [5.41, 5.74) is 4.20. The Kier molecular flexibility index (Phi) is 4.70. The Hall–Kier alpha value is -4.79. The lowest BCUT2D eigenvalue weighted by Crippen LogP contribution is -2.17. The van der Waals surface area contributed by atoms with E-state index in [2.05, 4.69) is 71.6 Å². The van der Waals surface area contributed by atoms with Crippen LogP contribution in [-0.2, 0) is 0 Å². The number of fused-ring (bicyclic) bond motifs is 5. The third-order valence-corrected chi connectivity index (χ3v) is 9.81. The van der Waals surface area contributed by atoms with Crippen molar-refractivity contribution in [2.45, 2.75) is 0 Å². The second-order valence-electron chi connectivity index (χ2n) is 9.36. The van der Waals surface area contributed by atoms with Crippen molar-refractivity contribution in [3.8, 4) is 28.1 Å². The molecule has 8 rings (SSSR count). The first-order valence-corrected chi connectivity index (χ1v) is 14.0. The molecule has 38 heavy (non-hydrogen) atoms. The number of hydrogen-bond acceptors (Lipinski definition) is 4. The van der Waals surface area contributed by atoms with E-state index in [1.807, 2.05) is 60.7 Å². The highest BCUT2D eigenvalue weighted by atomic mass is 31.1. The summed E-state index contributed by atoms with van der Waals surface area (Å²) in [5, 5.41) is 6.77. The molecule has 1 aliphatic heterocycles. The van der Waals surface area contributed by atoms with Crippen molar-refractivity contribution in [2.75, 3.05) is 4.90 Å². The molecule has 7 aromatic rings. The van der Waals surface area contributed by atoms with Crippen LogP contribution < -0.4 is 4.90 Å². The van der Waals surface area contributed by atoms with E-state index in [9.17, 15) is 0 Å². The van der Waals surface area contributed by atoms with Crippen LogP contribution in [0.2, 0.25) is 0 Å². The quantitative estimate of drug-likeness (QED) is 0.240. The van der Waals surface area contributed by atoms with Gasteiger partial charge in [0, 0.05) is 26.7 Å². The van der Waals surface area contributed by atoms with Gasteiger partial charge in [0.1, 0.15) is 0 Å². The average molecular weight is 505 g/mol. The van der Waals surface area contributed by atoms with E-state index in [-0.39, 0.29) is 0 Å². The summed E-state index contributed by atoms with van der Waals surface area (Å²) in [6, 6.07) is 44.5. The van der Waals surface area contributed by atoms with Crippen molar-refractivity contribution in [1.29, 1.82) is 0 Å². The first kappa shape index (κ1) is 21.3. The van der Waals surface area contributed by atoms with Gasteiger partial charge in [0.15, 0.2) is 11.6 Å². The van der Waals surface area contributed by atoms with Crippen molar-refractivity contribution in [2.24, 2.45) is 0 Å². The van der Waals surface area contributed by atoms with Gasteiger partial charge in [0.25, 0.3) is 0 Å². The standard InChI is InChI=1S/C33H21N4P/c1-3-12-22(13-4-1)31-34-32(23-14-5-2-6-15-23)36-33(35-31)37-26-18-8-10-21-29(26)38-28-20-9-7-16-24(28)25-17-11-19-27(37)30(25)38/h1-21H. The van der Waals surface area contributed by atoms with Gasteiger partial charge in [-0.25, -0.2) is 4.98 Å². The van der Waals surface area contributed by atoms with Crippen LogP contribution in [-0.4, -0.2) is 15.0 Å². The Morgan fingerprint density at radius 3 is 1.79 bits per heavy atom. The van der Waals surface area contributed by atoms with Crippen molar-refractivity contribution in [1.82, 2.24) is 15.0 Å². The summed E-state index contributed by atoms with van der Waals surface area (Å²) >= 11 is 0. The number of nitrogens with zero attached hydrogens (tertiary/aromatic N) is 4. The minimum Gasteiger partial charge on any atom is -0.277 e. The lowest BCUT2D eigenvalue weighted by Gasteiger charge is -2.31. The summed E-state index contributed by atoms with van der Waals surface area (Å²) in [7, 11) is -0.657. The Bertz CT molecular complexity index is 1920. The first-order valence-electron chi connectivity index (χ1n) is 12.7. The van der Waals surface area contributed by atoms with Crippen LogP contribution in [0, 0.1) is 0 Å². The second-order valence-corrected chi connectivity index (χ2v) is 11.4. The van der Waals surface area contributed by atoms with Gasteiger partial charge in [-0.1, -0.05) is 117 Å². The second kappa shape index (κ2) is 8.37. The SMILES string of the molecule is c1ccc(-c2nc(-c3ccccc3)nc(N3c4ccccc4-p4c5ccccc5c5cccc3c54)n2)cc1. The van der Waals surface area contributed by atoms with Crippen LogP contribution in [0.3, 0.4) is 0 Å².